The van der Waals surface area contributed by atoms with Crippen LogP contribution in [0.15, 0.2) is 83.3 Å². The number of aryl methyl sites for hydroxylation is 1. The predicted molar refractivity (Wildman–Crippen MR) is 143 cm³/mol. The fourth-order valence-electron chi connectivity index (χ4n) is 3.66. The van der Waals surface area contributed by atoms with Gasteiger partial charge in [-0.1, -0.05) is 76.1 Å². The number of hydrogen-bond acceptors (Lipinski definition) is 3. The molecule has 0 aromatic heterocycles. The van der Waals surface area contributed by atoms with Crippen molar-refractivity contribution in [1.82, 2.24) is 10.2 Å². The highest BCUT2D eigenvalue weighted by Gasteiger charge is 2.32. The van der Waals surface area contributed by atoms with Crippen LogP contribution in [-0.4, -0.2) is 34.9 Å². The van der Waals surface area contributed by atoms with Gasteiger partial charge in [0.15, 0.2) is 6.61 Å². The van der Waals surface area contributed by atoms with Crippen LogP contribution in [0.1, 0.15) is 37.5 Å². The molecule has 0 spiro atoms. The van der Waals surface area contributed by atoms with Crippen molar-refractivity contribution in [1.29, 1.82) is 0 Å². The first-order valence-electron chi connectivity index (χ1n) is 11.7. The van der Waals surface area contributed by atoms with Crippen molar-refractivity contribution in [3.05, 3.63) is 100 Å². The van der Waals surface area contributed by atoms with Gasteiger partial charge in [-0.2, -0.15) is 0 Å². The van der Waals surface area contributed by atoms with Crippen LogP contribution in [-0.2, 0) is 22.6 Å². The van der Waals surface area contributed by atoms with E-state index in [1.165, 1.54) is 0 Å². The highest BCUT2D eigenvalue weighted by atomic mass is 79.9. The van der Waals surface area contributed by atoms with E-state index in [0.29, 0.717) is 18.7 Å². The van der Waals surface area contributed by atoms with E-state index in [-0.39, 0.29) is 18.4 Å². The number of rotatable bonds is 9. The lowest BCUT2D eigenvalue weighted by atomic mass is 10.0. The van der Waals surface area contributed by atoms with Gasteiger partial charge in [0, 0.05) is 23.0 Å². The van der Waals surface area contributed by atoms with Gasteiger partial charge in [0.25, 0.3) is 5.91 Å². The fraction of sp³-hybridized carbons (Fsp3) is 0.310. The maximum atomic E-state index is 13.6. The first kappa shape index (κ1) is 26.5. The third kappa shape index (κ3) is 8.55. The quantitative estimate of drug-likeness (QED) is 0.382. The zero-order chi connectivity index (χ0) is 25.4. The van der Waals surface area contributed by atoms with Gasteiger partial charge in [0.2, 0.25) is 5.91 Å². The third-order valence-electron chi connectivity index (χ3n) is 5.42. The van der Waals surface area contributed by atoms with Gasteiger partial charge >= 0.3 is 0 Å². The highest BCUT2D eigenvalue weighted by Crippen LogP contribution is 2.19. The van der Waals surface area contributed by atoms with Gasteiger partial charge < -0.3 is 15.0 Å². The number of benzene rings is 3. The summed E-state index contributed by atoms with van der Waals surface area (Å²) in [6.45, 7) is 7.94. The minimum atomic E-state index is -0.700. The number of hydrogen-bond donors (Lipinski definition) is 1. The molecule has 0 fully saturated rings. The van der Waals surface area contributed by atoms with Gasteiger partial charge in [0.1, 0.15) is 11.8 Å². The minimum Gasteiger partial charge on any atom is -0.484 e. The number of ether oxygens (including phenoxy) is 1. The molecule has 3 aromatic rings. The number of carbonyl (C=O) groups is 2. The normalized spacial score (nSPS) is 12.0. The zero-order valence-corrected chi connectivity index (χ0v) is 22.3. The molecule has 35 heavy (non-hydrogen) atoms. The predicted octanol–water partition coefficient (Wildman–Crippen LogP) is 5.69. The molecule has 0 aliphatic heterocycles. The summed E-state index contributed by atoms with van der Waals surface area (Å²) in [6, 6.07) is 24.4. The molecule has 184 valence electrons. The molecule has 0 saturated heterocycles. The molecule has 0 heterocycles. The summed E-state index contributed by atoms with van der Waals surface area (Å²) >= 11 is 3.46. The number of carbonyl (C=O) groups excluding carboxylic acids is 2. The molecule has 6 heteroatoms. The lowest BCUT2D eigenvalue weighted by Crippen LogP contribution is -2.55. The average Bonchev–Trinajstić information content (AvgIpc) is 2.81. The molecule has 1 N–H and O–H groups in total. The van der Waals surface area contributed by atoms with Crippen molar-refractivity contribution in [2.24, 2.45) is 0 Å². The Morgan fingerprint density at radius 2 is 1.54 bits per heavy atom. The molecule has 0 unspecified atom stereocenters. The molecule has 1 atom stereocenters. The second-order valence-electron chi connectivity index (χ2n) is 9.69. The maximum absolute atomic E-state index is 13.6. The van der Waals surface area contributed by atoms with Crippen LogP contribution in [0.25, 0.3) is 0 Å². The van der Waals surface area contributed by atoms with Crippen molar-refractivity contribution >= 4 is 27.7 Å². The second kappa shape index (κ2) is 12.0. The Kier molecular flexibility index (Phi) is 9.10. The summed E-state index contributed by atoms with van der Waals surface area (Å²) in [5.74, 6) is 0.173. The molecular weight excluding hydrogens is 504 g/mol. The van der Waals surface area contributed by atoms with Gasteiger partial charge in [-0.25, -0.2) is 0 Å². The summed E-state index contributed by atoms with van der Waals surface area (Å²) in [5.41, 5.74) is 2.59. The van der Waals surface area contributed by atoms with Gasteiger partial charge in [0.05, 0.1) is 0 Å². The monoisotopic (exact) mass is 536 g/mol. The summed E-state index contributed by atoms with van der Waals surface area (Å²) in [7, 11) is 0. The van der Waals surface area contributed by atoms with E-state index in [0.717, 1.165) is 21.2 Å². The molecule has 0 saturated carbocycles. The Bertz CT molecular complexity index is 1110. The van der Waals surface area contributed by atoms with Crippen LogP contribution in [0.3, 0.4) is 0 Å². The number of nitrogens with one attached hydrogen (secondary N) is 1. The van der Waals surface area contributed by atoms with Crippen LogP contribution in [0.2, 0.25) is 0 Å². The van der Waals surface area contributed by atoms with Crippen molar-refractivity contribution in [2.75, 3.05) is 6.61 Å². The lowest BCUT2D eigenvalue weighted by Gasteiger charge is -2.33. The Morgan fingerprint density at radius 3 is 2.14 bits per heavy atom. The van der Waals surface area contributed by atoms with E-state index >= 15 is 0 Å². The van der Waals surface area contributed by atoms with E-state index < -0.39 is 11.6 Å². The standard InChI is InChI=1S/C29H33BrN2O3/c1-21-10-16-25(17-11-21)35-20-27(33)32(19-23-12-14-24(30)15-13-23)26(28(34)31-29(2,3)4)18-22-8-6-5-7-9-22/h5-17,26H,18-20H2,1-4H3,(H,31,34)/t26-/m0/s1. The zero-order valence-electron chi connectivity index (χ0n) is 20.8. The van der Waals surface area contributed by atoms with Crippen LogP contribution < -0.4 is 10.1 Å². The molecule has 3 rings (SSSR count). The molecule has 0 radical (unpaired) electrons. The largest absolute Gasteiger partial charge is 0.484 e. The second-order valence-corrected chi connectivity index (χ2v) is 10.6. The first-order chi connectivity index (χ1) is 16.6. The first-order valence-corrected chi connectivity index (χ1v) is 12.5. The molecule has 5 nitrogen and oxygen atoms in total. The number of halogens is 1. The number of nitrogens with zero attached hydrogens (tertiary/aromatic N) is 1. The molecule has 2 amide bonds. The van der Waals surface area contributed by atoms with Crippen molar-refractivity contribution in [3.8, 4) is 5.75 Å². The maximum Gasteiger partial charge on any atom is 0.261 e. The van der Waals surface area contributed by atoms with E-state index in [1.54, 1.807) is 4.90 Å². The Labute approximate surface area is 216 Å². The van der Waals surface area contributed by atoms with Crippen LogP contribution in [0, 0.1) is 6.92 Å². The Hall–Kier alpha value is -3.12. The van der Waals surface area contributed by atoms with Gasteiger partial charge in [-0.05, 0) is 63.1 Å². The summed E-state index contributed by atoms with van der Waals surface area (Å²) in [4.78, 5) is 28.7. The van der Waals surface area contributed by atoms with Crippen LogP contribution in [0.5, 0.6) is 5.75 Å². The molecule has 0 aliphatic carbocycles. The number of amides is 2. The topological polar surface area (TPSA) is 58.6 Å². The highest BCUT2D eigenvalue weighted by molar-refractivity contribution is 9.10. The van der Waals surface area contributed by atoms with Crippen molar-refractivity contribution < 1.29 is 14.3 Å². The van der Waals surface area contributed by atoms with Crippen LogP contribution in [0.4, 0.5) is 0 Å². The average molecular weight is 537 g/mol. The third-order valence-corrected chi connectivity index (χ3v) is 5.95. The summed E-state index contributed by atoms with van der Waals surface area (Å²) < 4.78 is 6.76. The van der Waals surface area contributed by atoms with E-state index in [9.17, 15) is 9.59 Å². The summed E-state index contributed by atoms with van der Waals surface area (Å²) in [6.07, 6.45) is 0.398. The van der Waals surface area contributed by atoms with E-state index in [2.05, 4.69) is 21.2 Å². The van der Waals surface area contributed by atoms with E-state index in [4.69, 9.17) is 4.74 Å². The van der Waals surface area contributed by atoms with Crippen molar-refractivity contribution in [3.63, 3.8) is 0 Å². The van der Waals surface area contributed by atoms with Crippen molar-refractivity contribution in [2.45, 2.75) is 52.2 Å². The molecule has 0 aliphatic rings. The van der Waals surface area contributed by atoms with Gasteiger partial charge in [-0.3, -0.25) is 9.59 Å². The minimum absolute atomic E-state index is 0.159. The van der Waals surface area contributed by atoms with E-state index in [1.807, 2.05) is 107 Å². The lowest BCUT2D eigenvalue weighted by molar-refractivity contribution is -0.143. The van der Waals surface area contributed by atoms with Gasteiger partial charge in [-0.15, -0.1) is 0 Å². The molecule has 0 bridgehead atoms. The Morgan fingerprint density at radius 1 is 0.914 bits per heavy atom. The molecule has 3 aromatic carbocycles. The fourth-order valence-corrected chi connectivity index (χ4v) is 3.92. The van der Waals surface area contributed by atoms with Crippen LogP contribution >= 0.6 is 15.9 Å². The summed E-state index contributed by atoms with van der Waals surface area (Å²) in [5, 5.41) is 3.07. The molecular formula is C29H33BrN2O3. The smallest absolute Gasteiger partial charge is 0.261 e. The Balaban J connectivity index is 1.91. The SMILES string of the molecule is Cc1ccc(OCC(=O)N(Cc2ccc(Br)cc2)[C@@H](Cc2ccccc2)C(=O)NC(C)(C)C)cc1.